The van der Waals surface area contributed by atoms with E-state index in [4.69, 9.17) is 14.2 Å². The molecule has 2 aromatic carbocycles. The van der Waals surface area contributed by atoms with E-state index >= 15 is 0 Å². The van der Waals surface area contributed by atoms with Crippen LogP contribution in [0, 0.1) is 0 Å². The molecule has 1 amide bonds. The molecule has 2 N–H and O–H groups in total. The zero-order valence-corrected chi connectivity index (χ0v) is 20.4. The number of Topliss-reactive ketones (excluding diaryl/α,β-unsaturated/α-hetero) is 2. The average molecular weight is 493 g/mol. The molecule has 188 valence electrons. The second kappa shape index (κ2) is 10.7. The summed E-state index contributed by atoms with van der Waals surface area (Å²) in [6.07, 6.45) is -0.0541. The van der Waals surface area contributed by atoms with E-state index in [1.807, 2.05) is 12.1 Å². The Balaban J connectivity index is 1.52. The molecular weight excluding hydrogens is 464 g/mol. The molecule has 1 heterocycles. The fourth-order valence-corrected chi connectivity index (χ4v) is 4.29. The summed E-state index contributed by atoms with van der Waals surface area (Å²) in [6.45, 7) is 4.51. The lowest BCUT2D eigenvalue weighted by molar-refractivity contribution is -0.121. The molecule has 9 heteroatoms. The Hall–Kier alpha value is -4.11. The summed E-state index contributed by atoms with van der Waals surface area (Å²) < 4.78 is 15.6. The van der Waals surface area contributed by atoms with E-state index in [0.717, 1.165) is 18.8 Å². The predicted octanol–water partition coefficient (Wildman–Crippen LogP) is 3.00. The number of carbonyl (C=O) groups excluding carboxylic acids is 3. The fraction of sp³-hybridized carbons (Fsp3) is 0.296. The molecule has 36 heavy (non-hydrogen) atoms. The summed E-state index contributed by atoms with van der Waals surface area (Å²) in [5.74, 6) is -2.05. The number of carbonyl (C=O) groups is 3. The third-order valence-corrected chi connectivity index (χ3v) is 6.33. The smallest absolute Gasteiger partial charge is 0.259 e. The van der Waals surface area contributed by atoms with Crippen molar-refractivity contribution in [1.82, 2.24) is 0 Å². The summed E-state index contributed by atoms with van der Waals surface area (Å²) in [4.78, 5) is 40.8. The Morgan fingerprint density at radius 2 is 1.64 bits per heavy atom. The summed E-state index contributed by atoms with van der Waals surface area (Å²) >= 11 is 0. The van der Waals surface area contributed by atoms with Crippen LogP contribution in [-0.2, 0) is 30.2 Å². The number of phenolic OH excluding ortho intramolecular Hbond substituents is 1. The number of methoxy groups -OCH3 is 2. The number of morpholine rings is 1. The molecular formula is C27H28N2O7. The molecule has 4 rings (SSSR count). The van der Waals surface area contributed by atoms with Gasteiger partial charge in [-0.1, -0.05) is 12.1 Å². The fourth-order valence-electron chi connectivity index (χ4n) is 4.29. The first-order valence-corrected chi connectivity index (χ1v) is 11.5. The Morgan fingerprint density at radius 3 is 2.28 bits per heavy atom. The molecule has 0 aromatic heterocycles. The van der Waals surface area contributed by atoms with Gasteiger partial charge in [-0.05, 0) is 42.8 Å². The van der Waals surface area contributed by atoms with Crippen LogP contribution in [0.25, 0.3) is 0 Å². The summed E-state index contributed by atoms with van der Waals surface area (Å²) in [6, 6.07) is 12.2. The van der Waals surface area contributed by atoms with Gasteiger partial charge in [-0.2, -0.15) is 0 Å². The number of benzene rings is 2. The first-order valence-electron chi connectivity index (χ1n) is 11.5. The molecule has 2 aromatic rings. The van der Waals surface area contributed by atoms with Crippen molar-refractivity contribution in [2.45, 2.75) is 13.3 Å². The van der Waals surface area contributed by atoms with Gasteiger partial charge >= 0.3 is 0 Å². The molecule has 0 radical (unpaired) electrons. The predicted molar refractivity (Wildman–Crippen MR) is 133 cm³/mol. The Morgan fingerprint density at radius 1 is 1.00 bits per heavy atom. The van der Waals surface area contributed by atoms with Crippen LogP contribution in [0.5, 0.6) is 5.75 Å². The number of amides is 1. The van der Waals surface area contributed by atoms with Gasteiger partial charge in [-0.3, -0.25) is 14.4 Å². The number of ether oxygens (including phenoxy) is 3. The zero-order chi connectivity index (χ0) is 25.8. The molecule has 1 aliphatic heterocycles. The highest BCUT2D eigenvalue weighted by Gasteiger charge is 2.35. The van der Waals surface area contributed by atoms with Crippen LogP contribution in [0.15, 0.2) is 65.1 Å². The molecule has 1 fully saturated rings. The second-order valence-corrected chi connectivity index (χ2v) is 8.42. The lowest BCUT2D eigenvalue weighted by Crippen LogP contribution is -2.36. The van der Waals surface area contributed by atoms with Crippen molar-refractivity contribution in [3.05, 3.63) is 76.3 Å². The van der Waals surface area contributed by atoms with Crippen LogP contribution < -0.4 is 10.2 Å². The lowest BCUT2D eigenvalue weighted by atomic mass is 9.88. The minimum atomic E-state index is -0.499. The third kappa shape index (κ3) is 4.83. The SMILES string of the molecule is COC1=C(OC)C(=O)C(Cc2cccc(C(=O)Nc3ccc(N4CCOCC4)cc3)c2O)=C(C)C1=O. The van der Waals surface area contributed by atoms with Crippen molar-refractivity contribution < 1.29 is 33.7 Å². The van der Waals surface area contributed by atoms with Crippen molar-refractivity contribution in [2.75, 3.05) is 50.7 Å². The van der Waals surface area contributed by atoms with Gasteiger partial charge < -0.3 is 29.5 Å². The van der Waals surface area contributed by atoms with Crippen LogP contribution in [0.3, 0.4) is 0 Å². The number of anilines is 2. The maximum absolute atomic E-state index is 13.0. The Kier molecular flexibility index (Phi) is 7.40. The Bertz CT molecular complexity index is 1260. The number of aromatic hydroxyl groups is 1. The van der Waals surface area contributed by atoms with Gasteiger partial charge in [-0.15, -0.1) is 0 Å². The van der Waals surface area contributed by atoms with E-state index in [9.17, 15) is 19.5 Å². The molecule has 0 atom stereocenters. The van der Waals surface area contributed by atoms with Crippen LogP contribution in [0.2, 0.25) is 0 Å². The van der Waals surface area contributed by atoms with Crippen LogP contribution >= 0.6 is 0 Å². The first kappa shape index (κ1) is 25.0. The number of phenols is 1. The topological polar surface area (TPSA) is 114 Å². The van der Waals surface area contributed by atoms with E-state index in [0.29, 0.717) is 24.5 Å². The van der Waals surface area contributed by atoms with Crippen LogP contribution in [0.4, 0.5) is 11.4 Å². The van der Waals surface area contributed by atoms with Crippen molar-refractivity contribution >= 4 is 28.8 Å². The third-order valence-electron chi connectivity index (χ3n) is 6.33. The van der Waals surface area contributed by atoms with Crippen molar-refractivity contribution in [1.29, 1.82) is 0 Å². The number of hydrogen-bond acceptors (Lipinski definition) is 8. The van der Waals surface area contributed by atoms with Crippen LogP contribution in [0.1, 0.15) is 22.8 Å². The van der Waals surface area contributed by atoms with Crippen molar-refractivity contribution in [3.8, 4) is 5.75 Å². The monoisotopic (exact) mass is 492 g/mol. The number of rotatable bonds is 7. The van der Waals surface area contributed by atoms with E-state index in [1.54, 1.807) is 24.3 Å². The minimum absolute atomic E-state index is 0.0534. The van der Waals surface area contributed by atoms with Gasteiger partial charge in [0.25, 0.3) is 5.91 Å². The lowest BCUT2D eigenvalue weighted by Gasteiger charge is -2.28. The van der Waals surface area contributed by atoms with E-state index < -0.39 is 17.5 Å². The average Bonchev–Trinajstić information content (AvgIpc) is 2.90. The van der Waals surface area contributed by atoms with Gasteiger partial charge in [0.15, 0.2) is 0 Å². The molecule has 0 saturated carbocycles. The standard InChI is InChI=1S/C27H28N2O7/c1-16-21(24(32)26(35-3)25(34-2)22(16)30)15-17-5-4-6-20(23(17)31)27(33)28-18-7-9-19(10-8-18)29-11-13-36-14-12-29/h4-10,31H,11-15H2,1-3H3,(H,28,33). The van der Waals surface area contributed by atoms with E-state index in [1.165, 1.54) is 27.2 Å². The largest absolute Gasteiger partial charge is 0.507 e. The van der Waals surface area contributed by atoms with E-state index in [-0.39, 0.29) is 40.4 Å². The maximum Gasteiger partial charge on any atom is 0.259 e. The first-order chi connectivity index (χ1) is 17.3. The molecule has 1 aliphatic carbocycles. The maximum atomic E-state index is 13.0. The van der Waals surface area contributed by atoms with E-state index in [2.05, 4.69) is 10.2 Å². The quantitative estimate of drug-likeness (QED) is 0.567. The molecule has 1 saturated heterocycles. The highest BCUT2D eigenvalue weighted by molar-refractivity contribution is 6.23. The van der Waals surface area contributed by atoms with Gasteiger partial charge in [0.05, 0.1) is 33.0 Å². The second-order valence-electron chi connectivity index (χ2n) is 8.42. The Labute approximate surface area is 209 Å². The highest BCUT2D eigenvalue weighted by atomic mass is 16.5. The number of ketones is 2. The van der Waals surface area contributed by atoms with Gasteiger partial charge in [0, 0.05) is 42.0 Å². The molecule has 0 bridgehead atoms. The van der Waals surface area contributed by atoms with Crippen molar-refractivity contribution in [3.63, 3.8) is 0 Å². The number of allylic oxidation sites excluding steroid dienone is 2. The molecule has 2 aliphatic rings. The molecule has 0 spiro atoms. The molecule has 0 unspecified atom stereocenters. The number of nitrogens with one attached hydrogen (secondary N) is 1. The summed E-state index contributed by atoms with van der Waals surface area (Å²) in [5, 5.41) is 13.7. The van der Waals surface area contributed by atoms with Gasteiger partial charge in [0.2, 0.25) is 23.1 Å². The summed E-state index contributed by atoms with van der Waals surface area (Å²) in [7, 11) is 2.58. The van der Waals surface area contributed by atoms with Gasteiger partial charge in [0.1, 0.15) is 5.75 Å². The number of para-hydroxylation sites is 1. The minimum Gasteiger partial charge on any atom is -0.507 e. The van der Waals surface area contributed by atoms with Gasteiger partial charge in [-0.25, -0.2) is 0 Å². The summed E-state index contributed by atoms with van der Waals surface area (Å²) in [5.41, 5.74) is 2.37. The number of nitrogens with zero attached hydrogens (tertiary/aromatic N) is 1. The molecule has 9 nitrogen and oxygen atoms in total. The van der Waals surface area contributed by atoms with Crippen molar-refractivity contribution in [2.24, 2.45) is 0 Å². The zero-order valence-electron chi connectivity index (χ0n) is 20.4. The highest BCUT2D eigenvalue weighted by Crippen LogP contribution is 2.32. The van der Waals surface area contributed by atoms with Crippen LogP contribution in [-0.4, -0.2) is 63.1 Å². The normalized spacial score (nSPS) is 16.4. The number of hydrogen-bond donors (Lipinski definition) is 2.